The number of carbonyl (C=O) groups excluding carboxylic acids is 1. The van der Waals surface area contributed by atoms with Gasteiger partial charge in [0.25, 0.3) is 0 Å². The van der Waals surface area contributed by atoms with Crippen molar-refractivity contribution in [3.05, 3.63) is 46.1 Å². The minimum absolute atomic E-state index is 0.0891. The number of rotatable bonds is 6. The van der Waals surface area contributed by atoms with Crippen molar-refractivity contribution in [1.82, 2.24) is 10.2 Å². The van der Waals surface area contributed by atoms with E-state index < -0.39 is 11.5 Å². The number of nitrogens with zero attached hydrogens (tertiary/aromatic N) is 1. The standard InChI is InChI=1S/C28H39ClN2O3/c1-26(2,3)10-9-17-7-8-20(13-23(17)29)28(6)22(18-11-19(12-18)24(32)33)16-31(25(34)30-28)21-14-27(4,5)15-21/h7-8,13,16,18-19,21H,9-12,14-15H2,1-6H3,(H,30,34)(H,32,33)/t18?,19?,28-/m0/s1. The largest absolute Gasteiger partial charge is 0.481 e. The number of carboxylic acids is 1. The number of urea groups is 1. The van der Waals surface area contributed by atoms with Crippen molar-refractivity contribution in [3.8, 4) is 0 Å². The fourth-order valence-electron chi connectivity index (χ4n) is 5.77. The molecule has 2 saturated carbocycles. The second-order valence-corrected chi connectivity index (χ2v) is 13.3. The monoisotopic (exact) mass is 486 g/mol. The Labute approximate surface area is 208 Å². The fourth-order valence-corrected chi connectivity index (χ4v) is 6.04. The highest BCUT2D eigenvalue weighted by Gasteiger charge is 2.50. The van der Waals surface area contributed by atoms with Crippen LogP contribution in [0.3, 0.4) is 0 Å². The molecule has 0 aromatic heterocycles. The Morgan fingerprint density at radius 2 is 1.85 bits per heavy atom. The van der Waals surface area contributed by atoms with Crippen LogP contribution < -0.4 is 5.32 Å². The van der Waals surface area contributed by atoms with E-state index in [1.807, 2.05) is 24.1 Å². The summed E-state index contributed by atoms with van der Waals surface area (Å²) >= 11 is 6.74. The summed E-state index contributed by atoms with van der Waals surface area (Å²) in [5.41, 5.74) is 2.92. The topological polar surface area (TPSA) is 69.6 Å². The SMILES string of the molecule is CC(C)(C)CCc1ccc([C@]2(C)NC(=O)N(C3CC(C)(C)C3)C=C2C2CC(C(=O)O)C2)cc1Cl. The smallest absolute Gasteiger partial charge is 0.322 e. The fraction of sp³-hybridized carbons (Fsp3) is 0.643. The van der Waals surface area contributed by atoms with Crippen molar-refractivity contribution in [2.24, 2.45) is 22.7 Å². The van der Waals surface area contributed by atoms with Gasteiger partial charge in [-0.3, -0.25) is 9.69 Å². The summed E-state index contributed by atoms with van der Waals surface area (Å²) < 4.78 is 0. The van der Waals surface area contributed by atoms with Crippen molar-refractivity contribution in [2.45, 2.75) is 91.6 Å². The number of halogens is 1. The molecule has 2 amide bonds. The Kier molecular flexibility index (Phi) is 6.33. The number of benzene rings is 1. The molecule has 3 aliphatic rings. The van der Waals surface area contributed by atoms with E-state index >= 15 is 0 Å². The van der Waals surface area contributed by atoms with Crippen LogP contribution >= 0.6 is 11.6 Å². The molecule has 1 aromatic rings. The average Bonchev–Trinajstić information content (AvgIpc) is 2.64. The number of carboxylic acid groups (broad SMARTS) is 1. The van der Waals surface area contributed by atoms with Gasteiger partial charge in [0.05, 0.1) is 11.5 Å². The third-order valence-electron chi connectivity index (χ3n) is 8.12. The Hall–Kier alpha value is -2.01. The molecule has 34 heavy (non-hydrogen) atoms. The van der Waals surface area contributed by atoms with E-state index in [2.05, 4.69) is 52.1 Å². The molecule has 2 fully saturated rings. The van der Waals surface area contributed by atoms with Crippen LogP contribution in [0.2, 0.25) is 5.02 Å². The van der Waals surface area contributed by atoms with E-state index in [1.54, 1.807) is 0 Å². The summed E-state index contributed by atoms with van der Waals surface area (Å²) in [6.07, 6.45) is 7.12. The van der Waals surface area contributed by atoms with E-state index in [0.717, 1.165) is 47.4 Å². The number of carbonyl (C=O) groups is 2. The lowest BCUT2D eigenvalue weighted by atomic mass is 9.64. The van der Waals surface area contributed by atoms with E-state index in [0.29, 0.717) is 12.8 Å². The highest BCUT2D eigenvalue weighted by atomic mass is 35.5. The molecule has 0 saturated heterocycles. The summed E-state index contributed by atoms with van der Waals surface area (Å²) in [5.74, 6) is -0.920. The molecule has 1 heterocycles. The molecule has 186 valence electrons. The van der Waals surface area contributed by atoms with E-state index in [9.17, 15) is 14.7 Å². The van der Waals surface area contributed by atoms with Crippen LogP contribution in [0.15, 0.2) is 30.0 Å². The van der Waals surface area contributed by atoms with Crippen LogP contribution in [0.1, 0.15) is 84.8 Å². The molecule has 1 aromatic carbocycles. The van der Waals surface area contributed by atoms with Crippen LogP contribution in [0, 0.1) is 22.7 Å². The lowest BCUT2D eigenvalue weighted by Gasteiger charge is -2.52. The number of nitrogens with one attached hydrogen (secondary N) is 1. The molecule has 2 N–H and O–H groups in total. The molecule has 0 bridgehead atoms. The number of aryl methyl sites for hydroxylation is 1. The van der Waals surface area contributed by atoms with E-state index in [4.69, 9.17) is 11.6 Å². The Morgan fingerprint density at radius 3 is 2.38 bits per heavy atom. The maximum Gasteiger partial charge on any atom is 0.322 e. The van der Waals surface area contributed by atoms with Crippen LogP contribution in [-0.4, -0.2) is 28.0 Å². The van der Waals surface area contributed by atoms with Gasteiger partial charge in [-0.05, 0) is 85.0 Å². The van der Waals surface area contributed by atoms with Crippen molar-refractivity contribution >= 4 is 23.6 Å². The average molecular weight is 487 g/mol. The summed E-state index contributed by atoms with van der Waals surface area (Å²) in [7, 11) is 0. The van der Waals surface area contributed by atoms with Gasteiger partial charge in [-0.25, -0.2) is 4.79 Å². The Morgan fingerprint density at radius 1 is 1.21 bits per heavy atom. The van der Waals surface area contributed by atoms with Crippen molar-refractivity contribution in [3.63, 3.8) is 0 Å². The van der Waals surface area contributed by atoms with Gasteiger partial charge in [-0.1, -0.05) is 58.4 Å². The number of amides is 2. The van der Waals surface area contributed by atoms with Crippen molar-refractivity contribution in [2.75, 3.05) is 0 Å². The predicted octanol–water partition coefficient (Wildman–Crippen LogP) is 6.74. The molecule has 0 radical (unpaired) electrons. The second-order valence-electron chi connectivity index (χ2n) is 12.8. The number of hydrogen-bond donors (Lipinski definition) is 2. The van der Waals surface area contributed by atoms with Gasteiger partial charge in [0.15, 0.2) is 0 Å². The third kappa shape index (κ3) is 4.86. The van der Waals surface area contributed by atoms with Crippen molar-refractivity contribution < 1.29 is 14.7 Å². The highest BCUT2D eigenvalue weighted by molar-refractivity contribution is 6.31. The van der Waals surface area contributed by atoms with Crippen molar-refractivity contribution in [1.29, 1.82) is 0 Å². The van der Waals surface area contributed by atoms with E-state index in [-0.39, 0.29) is 34.7 Å². The lowest BCUT2D eigenvalue weighted by molar-refractivity contribution is -0.145. The van der Waals surface area contributed by atoms with Crippen LogP contribution in [0.25, 0.3) is 0 Å². The van der Waals surface area contributed by atoms with E-state index in [1.165, 1.54) is 0 Å². The van der Waals surface area contributed by atoms with Gasteiger partial charge in [-0.15, -0.1) is 0 Å². The Bertz CT molecular complexity index is 1010. The van der Waals surface area contributed by atoms with Gasteiger partial charge in [0, 0.05) is 17.3 Å². The van der Waals surface area contributed by atoms with Crippen LogP contribution in [0.5, 0.6) is 0 Å². The zero-order valence-corrected chi connectivity index (χ0v) is 22.1. The predicted molar refractivity (Wildman–Crippen MR) is 136 cm³/mol. The molecular formula is C28H39ClN2O3. The summed E-state index contributed by atoms with van der Waals surface area (Å²) in [5, 5.41) is 13.5. The maximum atomic E-state index is 13.3. The summed E-state index contributed by atoms with van der Waals surface area (Å²) in [6, 6.07) is 6.25. The van der Waals surface area contributed by atoms with Gasteiger partial charge < -0.3 is 10.4 Å². The molecule has 6 heteroatoms. The minimum Gasteiger partial charge on any atom is -0.481 e. The minimum atomic E-state index is -0.734. The van der Waals surface area contributed by atoms with Crippen LogP contribution in [-0.2, 0) is 16.8 Å². The highest BCUT2D eigenvalue weighted by Crippen LogP contribution is 2.50. The zero-order valence-electron chi connectivity index (χ0n) is 21.4. The zero-order chi connectivity index (χ0) is 25.1. The van der Waals surface area contributed by atoms with Crippen LogP contribution in [0.4, 0.5) is 4.79 Å². The first-order chi connectivity index (χ1) is 15.7. The summed E-state index contributed by atoms with van der Waals surface area (Å²) in [6.45, 7) is 13.2. The lowest BCUT2D eigenvalue weighted by Crippen LogP contribution is -2.60. The van der Waals surface area contributed by atoms with Gasteiger partial charge >= 0.3 is 12.0 Å². The summed E-state index contributed by atoms with van der Waals surface area (Å²) in [4.78, 5) is 26.6. The molecule has 0 spiro atoms. The molecular weight excluding hydrogens is 448 g/mol. The first-order valence-corrected chi connectivity index (χ1v) is 12.9. The second kappa shape index (κ2) is 8.58. The molecule has 1 atom stereocenters. The number of aliphatic carboxylic acids is 1. The number of hydrogen-bond acceptors (Lipinski definition) is 2. The van der Waals surface area contributed by atoms with Gasteiger partial charge in [0.2, 0.25) is 0 Å². The maximum absolute atomic E-state index is 13.3. The first-order valence-electron chi connectivity index (χ1n) is 12.5. The normalized spacial score (nSPS) is 29.1. The quantitative estimate of drug-likeness (QED) is 0.467. The molecule has 2 aliphatic carbocycles. The molecule has 4 rings (SSSR count). The van der Waals surface area contributed by atoms with Gasteiger partial charge in [-0.2, -0.15) is 0 Å². The van der Waals surface area contributed by atoms with Gasteiger partial charge in [0.1, 0.15) is 0 Å². The Balaban J connectivity index is 1.65. The molecule has 5 nitrogen and oxygen atoms in total. The molecule has 0 unspecified atom stereocenters. The third-order valence-corrected chi connectivity index (χ3v) is 8.47. The first kappa shape index (κ1) is 25.1. The molecule has 1 aliphatic heterocycles.